The number of carbonyl (C=O) groups is 4. The van der Waals surface area contributed by atoms with Crippen LogP contribution in [0.3, 0.4) is 0 Å². The summed E-state index contributed by atoms with van der Waals surface area (Å²) in [7, 11) is 2.01. The molecule has 0 bridgehead atoms. The van der Waals surface area contributed by atoms with Crippen LogP contribution < -0.4 is 16.0 Å². The quantitative estimate of drug-likeness (QED) is 0.217. The largest absolute Gasteiger partial charge is 0.367 e. The third kappa shape index (κ3) is 8.92. The van der Waals surface area contributed by atoms with Gasteiger partial charge in [-0.15, -0.1) is 0 Å². The number of carbonyl (C=O) groups excluding carboxylic acids is 4. The standard InChI is InChI=1S/C36H52FN7O5/c1-6-44-29(14-15-39-44)33(46)41-32(30(24-8-9-24)25-10-11-25)34(47)40-28-13-12-26(20-27(28)37)23(3)31(38-21-36(4,22-45)49-7-2)35(48)43-18-16-42(5)17-19-43/h12-15,20,22-25,30-32,38H,6-11,16-19,21H2,1-5H3,(H,40,47)(H,41,46)/t23-,31+,32-,36-/m0/s1. The molecule has 3 fully saturated rings. The highest BCUT2D eigenvalue weighted by Crippen LogP contribution is 2.51. The smallest absolute Gasteiger partial charge is 0.270 e. The third-order valence-electron chi connectivity index (χ3n) is 10.3. The van der Waals surface area contributed by atoms with E-state index in [0.29, 0.717) is 49.3 Å². The molecule has 2 aromatic rings. The summed E-state index contributed by atoms with van der Waals surface area (Å²) in [5.74, 6) is -1.41. The number of hydrogen-bond acceptors (Lipinski definition) is 8. The fraction of sp³-hybridized carbons (Fsp3) is 0.639. The van der Waals surface area contributed by atoms with Gasteiger partial charge in [-0.3, -0.25) is 19.1 Å². The minimum atomic E-state index is -1.13. The van der Waals surface area contributed by atoms with Gasteiger partial charge in [0.05, 0.1) is 11.7 Å². The average Bonchev–Trinajstić information content (AvgIpc) is 4.04. The van der Waals surface area contributed by atoms with Crippen molar-refractivity contribution in [3.05, 3.63) is 47.5 Å². The Hall–Kier alpha value is -3.68. The Kier molecular flexibility index (Phi) is 11.9. The second-order valence-corrected chi connectivity index (χ2v) is 14.1. The zero-order valence-corrected chi connectivity index (χ0v) is 29.4. The van der Waals surface area contributed by atoms with E-state index in [4.69, 9.17) is 4.74 Å². The Morgan fingerprint density at radius 1 is 1.06 bits per heavy atom. The van der Waals surface area contributed by atoms with E-state index in [1.807, 2.05) is 20.9 Å². The topological polar surface area (TPSA) is 138 Å². The van der Waals surface area contributed by atoms with Crippen molar-refractivity contribution in [2.24, 2.45) is 17.8 Å². The third-order valence-corrected chi connectivity index (χ3v) is 10.3. The first-order valence-electron chi connectivity index (χ1n) is 17.7. The lowest BCUT2D eigenvalue weighted by Gasteiger charge is -2.37. The van der Waals surface area contributed by atoms with E-state index in [9.17, 15) is 19.2 Å². The van der Waals surface area contributed by atoms with Gasteiger partial charge < -0.3 is 35.3 Å². The minimum absolute atomic E-state index is 0.00363. The predicted molar refractivity (Wildman–Crippen MR) is 184 cm³/mol. The number of anilines is 1. The molecule has 3 aliphatic rings. The molecule has 1 saturated heterocycles. The maximum atomic E-state index is 15.9. The number of likely N-dealkylation sites (N-methyl/N-ethyl adjacent to an activating group) is 1. The van der Waals surface area contributed by atoms with Gasteiger partial charge in [-0.1, -0.05) is 13.0 Å². The predicted octanol–water partition coefficient (Wildman–Crippen LogP) is 3.05. The Morgan fingerprint density at radius 2 is 1.73 bits per heavy atom. The number of aromatic nitrogens is 2. The van der Waals surface area contributed by atoms with Crippen molar-refractivity contribution in [3.63, 3.8) is 0 Å². The fourth-order valence-corrected chi connectivity index (χ4v) is 7.01. The molecule has 13 heteroatoms. The maximum Gasteiger partial charge on any atom is 0.270 e. The van der Waals surface area contributed by atoms with Crippen LogP contribution in [0, 0.1) is 23.6 Å². The second kappa shape index (κ2) is 15.9. The number of amides is 3. The first-order valence-corrected chi connectivity index (χ1v) is 17.7. The lowest BCUT2D eigenvalue weighted by Crippen LogP contribution is -2.57. The van der Waals surface area contributed by atoms with Gasteiger partial charge in [0.15, 0.2) is 6.29 Å². The van der Waals surface area contributed by atoms with Gasteiger partial charge in [-0.05, 0) is 95.0 Å². The van der Waals surface area contributed by atoms with Gasteiger partial charge in [-0.2, -0.15) is 5.10 Å². The summed E-state index contributed by atoms with van der Waals surface area (Å²) in [6, 6.07) is 4.63. The normalized spacial score (nSPS) is 19.9. The molecular formula is C36H52FN7O5. The lowest BCUT2D eigenvalue weighted by atomic mass is 9.88. The number of nitrogens with zero attached hydrogens (tertiary/aromatic N) is 4. The van der Waals surface area contributed by atoms with Gasteiger partial charge in [0.25, 0.3) is 5.91 Å². The van der Waals surface area contributed by atoms with Crippen molar-refractivity contribution in [1.82, 2.24) is 30.2 Å². The molecular weight excluding hydrogens is 629 g/mol. The Bertz CT molecular complexity index is 1470. The van der Waals surface area contributed by atoms with E-state index in [-0.39, 0.29) is 30.0 Å². The van der Waals surface area contributed by atoms with E-state index in [0.717, 1.165) is 45.1 Å². The molecule has 1 aromatic carbocycles. The Morgan fingerprint density at radius 3 is 2.31 bits per heavy atom. The highest BCUT2D eigenvalue weighted by Gasteiger charge is 2.48. The van der Waals surface area contributed by atoms with Gasteiger partial charge in [0.1, 0.15) is 23.2 Å². The summed E-state index contributed by atoms with van der Waals surface area (Å²) < 4.78 is 23.1. The number of aryl methyl sites for hydroxylation is 1. The molecule has 1 aromatic heterocycles. The molecule has 2 aliphatic carbocycles. The molecule has 268 valence electrons. The van der Waals surface area contributed by atoms with E-state index in [2.05, 4.69) is 25.9 Å². The molecule has 0 spiro atoms. The molecule has 0 radical (unpaired) electrons. The minimum Gasteiger partial charge on any atom is -0.367 e. The van der Waals surface area contributed by atoms with Crippen LogP contribution in [0.2, 0.25) is 0 Å². The van der Waals surface area contributed by atoms with E-state index in [1.165, 1.54) is 12.1 Å². The number of nitrogens with one attached hydrogen (secondary N) is 3. The molecule has 3 amide bonds. The van der Waals surface area contributed by atoms with E-state index < -0.39 is 35.3 Å². The van der Waals surface area contributed by atoms with Crippen molar-refractivity contribution in [2.75, 3.05) is 51.7 Å². The number of benzene rings is 1. The van der Waals surface area contributed by atoms with Crippen LogP contribution in [0.5, 0.6) is 0 Å². The van der Waals surface area contributed by atoms with Gasteiger partial charge in [0, 0.05) is 58.0 Å². The molecule has 12 nitrogen and oxygen atoms in total. The van der Waals surface area contributed by atoms with Gasteiger partial charge in [0.2, 0.25) is 11.8 Å². The van der Waals surface area contributed by atoms with E-state index in [1.54, 1.807) is 41.8 Å². The number of hydrogen-bond donors (Lipinski definition) is 3. The van der Waals surface area contributed by atoms with Crippen LogP contribution in [0.25, 0.3) is 0 Å². The summed E-state index contributed by atoms with van der Waals surface area (Å²) in [5.41, 5.74) is -0.190. The van der Waals surface area contributed by atoms with Crippen molar-refractivity contribution in [3.8, 4) is 0 Å². The lowest BCUT2D eigenvalue weighted by molar-refractivity contribution is -0.137. The Labute approximate surface area is 288 Å². The molecule has 0 unspecified atom stereocenters. The number of piperazine rings is 1. The van der Waals surface area contributed by atoms with Crippen LogP contribution >= 0.6 is 0 Å². The van der Waals surface area contributed by atoms with Crippen LogP contribution in [0.15, 0.2) is 30.5 Å². The summed E-state index contributed by atoms with van der Waals surface area (Å²) in [5, 5.41) is 13.2. The zero-order chi connectivity index (χ0) is 35.3. The zero-order valence-electron chi connectivity index (χ0n) is 29.4. The Balaban J connectivity index is 1.34. The first-order chi connectivity index (χ1) is 23.5. The number of aldehydes is 1. The van der Waals surface area contributed by atoms with E-state index >= 15 is 4.39 Å². The van der Waals surface area contributed by atoms with Gasteiger partial charge >= 0.3 is 0 Å². The van der Waals surface area contributed by atoms with Crippen LogP contribution in [0.4, 0.5) is 10.1 Å². The summed E-state index contributed by atoms with van der Waals surface area (Å²) in [4.78, 5) is 57.0. The average molecular weight is 682 g/mol. The first kappa shape index (κ1) is 36.6. The van der Waals surface area contributed by atoms with Crippen molar-refractivity contribution in [1.29, 1.82) is 0 Å². The summed E-state index contributed by atoms with van der Waals surface area (Å²) in [6.07, 6.45) is 6.32. The van der Waals surface area contributed by atoms with Crippen LogP contribution in [-0.4, -0.2) is 108 Å². The second-order valence-electron chi connectivity index (χ2n) is 14.1. The van der Waals surface area contributed by atoms with Crippen molar-refractivity contribution >= 4 is 29.7 Å². The fourth-order valence-electron chi connectivity index (χ4n) is 7.01. The monoisotopic (exact) mass is 681 g/mol. The molecule has 4 atom stereocenters. The summed E-state index contributed by atoms with van der Waals surface area (Å²) in [6.45, 7) is 10.8. The SMILES string of the molecule is CCO[C@](C)(C=O)CN[C@@H](C(=O)N1CCN(C)CC1)[C@@H](C)c1ccc(NC(=O)[C@@H](NC(=O)c2ccnn2CC)C(C2CC2)C2CC2)c(F)c1. The number of ether oxygens (including phenoxy) is 1. The number of rotatable bonds is 17. The molecule has 49 heavy (non-hydrogen) atoms. The number of halogens is 1. The molecule has 1 aliphatic heterocycles. The summed E-state index contributed by atoms with van der Waals surface area (Å²) >= 11 is 0. The molecule has 3 N–H and O–H groups in total. The highest BCUT2D eigenvalue weighted by atomic mass is 19.1. The molecule has 2 saturated carbocycles. The molecule has 5 rings (SSSR count). The van der Waals surface area contributed by atoms with Crippen molar-refractivity contribution in [2.45, 2.75) is 83.5 Å². The maximum absolute atomic E-state index is 15.9. The van der Waals surface area contributed by atoms with Crippen molar-refractivity contribution < 1.29 is 28.3 Å². The van der Waals surface area contributed by atoms with Gasteiger partial charge in [-0.25, -0.2) is 4.39 Å². The van der Waals surface area contributed by atoms with Crippen LogP contribution in [-0.2, 0) is 25.7 Å². The van der Waals surface area contributed by atoms with Crippen LogP contribution in [0.1, 0.15) is 75.3 Å². The highest BCUT2D eigenvalue weighted by molar-refractivity contribution is 6.01. The molecule has 2 heterocycles.